The average Bonchev–Trinajstić information content (AvgIpc) is 2.50. The van der Waals surface area contributed by atoms with Crippen LogP contribution in [0.3, 0.4) is 0 Å². The van der Waals surface area contributed by atoms with E-state index in [0.29, 0.717) is 23.7 Å². The smallest absolute Gasteiger partial charge is 0.488 e. The first kappa shape index (κ1) is 16.3. The number of rotatable bonds is 7. The number of ether oxygens (including phenoxy) is 2. The number of methoxy groups -OCH3 is 1. The summed E-state index contributed by atoms with van der Waals surface area (Å²) in [7, 11) is 0.311. The van der Waals surface area contributed by atoms with Crippen LogP contribution in [0.4, 0.5) is 0 Å². The Morgan fingerprint density at radius 2 is 2.05 bits per heavy atom. The second-order valence-electron chi connectivity index (χ2n) is 5.53. The van der Waals surface area contributed by atoms with Gasteiger partial charge in [-0.3, -0.25) is 4.90 Å². The highest BCUT2D eigenvalue weighted by Crippen LogP contribution is 2.17. The van der Waals surface area contributed by atoms with E-state index in [1.54, 1.807) is 25.3 Å². The Hall–Kier alpha value is -1.08. The van der Waals surface area contributed by atoms with Gasteiger partial charge in [0, 0.05) is 20.3 Å². The van der Waals surface area contributed by atoms with Gasteiger partial charge in [-0.15, -0.1) is 0 Å². The molecule has 1 aromatic carbocycles. The number of hydrogen-bond donors (Lipinski definition) is 2. The van der Waals surface area contributed by atoms with Gasteiger partial charge in [0.25, 0.3) is 0 Å². The predicted molar refractivity (Wildman–Crippen MR) is 82.8 cm³/mol. The highest BCUT2D eigenvalue weighted by atomic mass is 16.5. The van der Waals surface area contributed by atoms with E-state index in [1.807, 2.05) is 6.07 Å². The lowest BCUT2D eigenvalue weighted by molar-refractivity contribution is 0.0928. The summed E-state index contributed by atoms with van der Waals surface area (Å²) in [6, 6.07) is 6.92. The summed E-state index contributed by atoms with van der Waals surface area (Å²) in [5, 5.41) is 18.3. The molecule has 0 aromatic heterocycles. The lowest BCUT2D eigenvalue weighted by Gasteiger charge is -2.31. The van der Waals surface area contributed by atoms with E-state index in [-0.39, 0.29) is 0 Å². The summed E-state index contributed by atoms with van der Waals surface area (Å²) in [6.07, 6.45) is 2.36. The molecule has 0 amide bonds. The summed E-state index contributed by atoms with van der Waals surface area (Å²) in [6.45, 7) is 4.55. The third-order valence-corrected chi connectivity index (χ3v) is 3.94. The molecule has 116 valence electrons. The van der Waals surface area contributed by atoms with Crippen LogP contribution in [0.2, 0.25) is 0 Å². The van der Waals surface area contributed by atoms with Crippen LogP contribution in [0.1, 0.15) is 12.8 Å². The van der Waals surface area contributed by atoms with Crippen molar-refractivity contribution >= 4 is 12.6 Å². The zero-order valence-electron chi connectivity index (χ0n) is 12.6. The molecule has 5 nitrogen and oxygen atoms in total. The Morgan fingerprint density at radius 1 is 1.29 bits per heavy atom. The number of piperidine rings is 1. The van der Waals surface area contributed by atoms with E-state index in [4.69, 9.17) is 19.5 Å². The van der Waals surface area contributed by atoms with E-state index in [2.05, 4.69) is 4.90 Å². The molecule has 6 heteroatoms. The number of likely N-dealkylation sites (tertiary alicyclic amines) is 1. The van der Waals surface area contributed by atoms with Crippen molar-refractivity contribution in [2.45, 2.75) is 12.8 Å². The largest absolute Gasteiger partial charge is 0.492 e. The zero-order valence-corrected chi connectivity index (χ0v) is 12.6. The summed E-state index contributed by atoms with van der Waals surface area (Å²) in [4.78, 5) is 2.40. The van der Waals surface area contributed by atoms with Gasteiger partial charge in [0.2, 0.25) is 0 Å². The third kappa shape index (κ3) is 5.32. The molecule has 0 atom stereocenters. The summed E-state index contributed by atoms with van der Waals surface area (Å²) in [5.74, 6) is 1.37. The van der Waals surface area contributed by atoms with E-state index < -0.39 is 7.12 Å². The summed E-state index contributed by atoms with van der Waals surface area (Å²) in [5.41, 5.74) is 0.452. The molecule has 1 aliphatic heterocycles. The molecule has 1 aromatic rings. The van der Waals surface area contributed by atoms with Crippen LogP contribution < -0.4 is 10.2 Å². The van der Waals surface area contributed by atoms with E-state index in [1.165, 1.54) is 12.8 Å². The molecule has 0 saturated carbocycles. The van der Waals surface area contributed by atoms with Crippen molar-refractivity contribution in [2.24, 2.45) is 5.92 Å². The maximum absolute atomic E-state index is 9.13. The fraction of sp³-hybridized carbons (Fsp3) is 0.600. The van der Waals surface area contributed by atoms with E-state index in [9.17, 15) is 0 Å². The standard InChI is InChI=1S/C15H24BNO4/c1-20-12-13-5-7-17(8-6-13)9-10-21-15-4-2-3-14(11-15)16(18)19/h2-4,11,13,18-19H,5-10,12H2,1H3. The first-order chi connectivity index (χ1) is 10.2. The van der Waals surface area contributed by atoms with Gasteiger partial charge >= 0.3 is 7.12 Å². The minimum absolute atomic E-state index is 0.452. The Morgan fingerprint density at radius 3 is 2.71 bits per heavy atom. The van der Waals surface area contributed by atoms with Crippen LogP contribution in [-0.4, -0.2) is 62.0 Å². The van der Waals surface area contributed by atoms with Gasteiger partial charge in [0.15, 0.2) is 0 Å². The molecular weight excluding hydrogens is 269 g/mol. The first-order valence-corrected chi connectivity index (χ1v) is 7.49. The van der Waals surface area contributed by atoms with Crippen LogP contribution in [0, 0.1) is 5.92 Å². The van der Waals surface area contributed by atoms with Gasteiger partial charge in [0.1, 0.15) is 12.4 Å². The Labute approximate surface area is 126 Å². The molecule has 1 aliphatic rings. The van der Waals surface area contributed by atoms with E-state index in [0.717, 1.165) is 26.2 Å². The SMILES string of the molecule is COCC1CCN(CCOc2cccc(B(O)O)c2)CC1. The minimum atomic E-state index is -1.45. The third-order valence-electron chi connectivity index (χ3n) is 3.94. The Kier molecular flexibility index (Phi) is 6.51. The fourth-order valence-corrected chi connectivity index (χ4v) is 2.67. The maximum atomic E-state index is 9.13. The zero-order chi connectivity index (χ0) is 15.1. The molecule has 0 aliphatic carbocycles. The highest BCUT2D eigenvalue weighted by Gasteiger charge is 2.18. The van der Waals surface area contributed by atoms with Crippen LogP contribution in [0.15, 0.2) is 24.3 Å². The number of benzene rings is 1. The van der Waals surface area contributed by atoms with Crippen molar-refractivity contribution in [3.63, 3.8) is 0 Å². The molecule has 1 saturated heterocycles. The monoisotopic (exact) mass is 293 g/mol. The van der Waals surface area contributed by atoms with Gasteiger partial charge in [0.05, 0.1) is 0 Å². The molecule has 0 radical (unpaired) electrons. The fourth-order valence-electron chi connectivity index (χ4n) is 2.67. The molecule has 0 spiro atoms. The summed E-state index contributed by atoms with van der Waals surface area (Å²) >= 11 is 0. The molecule has 2 N–H and O–H groups in total. The van der Waals surface area contributed by atoms with Gasteiger partial charge < -0.3 is 19.5 Å². The van der Waals surface area contributed by atoms with Crippen molar-refractivity contribution in [2.75, 3.05) is 40.0 Å². The van der Waals surface area contributed by atoms with Crippen LogP contribution in [0.5, 0.6) is 5.75 Å². The number of hydrogen-bond acceptors (Lipinski definition) is 5. The summed E-state index contributed by atoms with van der Waals surface area (Å²) < 4.78 is 10.9. The normalized spacial score (nSPS) is 16.9. The van der Waals surface area contributed by atoms with Gasteiger partial charge in [-0.05, 0) is 49.4 Å². The predicted octanol–water partition coefficient (Wildman–Crippen LogP) is 0.104. The number of nitrogens with zero attached hydrogens (tertiary/aromatic N) is 1. The maximum Gasteiger partial charge on any atom is 0.488 e. The van der Waals surface area contributed by atoms with Gasteiger partial charge in [-0.25, -0.2) is 0 Å². The lowest BCUT2D eigenvalue weighted by atomic mass is 9.80. The second-order valence-corrected chi connectivity index (χ2v) is 5.53. The molecule has 1 heterocycles. The van der Waals surface area contributed by atoms with Crippen LogP contribution in [0.25, 0.3) is 0 Å². The van der Waals surface area contributed by atoms with Crippen molar-refractivity contribution in [1.82, 2.24) is 4.90 Å². The Bertz CT molecular complexity index is 422. The molecule has 2 rings (SSSR count). The van der Waals surface area contributed by atoms with Gasteiger partial charge in [-0.1, -0.05) is 12.1 Å². The van der Waals surface area contributed by atoms with Crippen LogP contribution in [-0.2, 0) is 4.74 Å². The average molecular weight is 293 g/mol. The topological polar surface area (TPSA) is 62.2 Å². The minimum Gasteiger partial charge on any atom is -0.492 e. The van der Waals surface area contributed by atoms with Gasteiger partial charge in [-0.2, -0.15) is 0 Å². The van der Waals surface area contributed by atoms with Crippen molar-refractivity contribution in [3.05, 3.63) is 24.3 Å². The van der Waals surface area contributed by atoms with E-state index >= 15 is 0 Å². The van der Waals surface area contributed by atoms with Crippen molar-refractivity contribution < 1.29 is 19.5 Å². The Balaban J connectivity index is 1.69. The van der Waals surface area contributed by atoms with Crippen molar-refractivity contribution in [3.8, 4) is 5.75 Å². The first-order valence-electron chi connectivity index (χ1n) is 7.49. The molecular formula is C15H24BNO4. The quantitative estimate of drug-likeness (QED) is 0.698. The van der Waals surface area contributed by atoms with Crippen molar-refractivity contribution in [1.29, 1.82) is 0 Å². The highest BCUT2D eigenvalue weighted by molar-refractivity contribution is 6.58. The molecule has 0 bridgehead atoms. The second kappa shape index (κ2) is 8.39. The molecule has 0 unspecified atom stereocenters. The molecule has 21 heavy (non-hydrogen) atoms. The van der Waals surface area contributed by atoms with Crippen LogP contribution >= 0.6 is 0 Å². The lowest BCUT2D eigenvalue weighted by Crippen LogP contribution is -2.37. The molecule has 1 fully saturated rings.